The van der Waals surface area contributed by atoms with Gasteiger partial charge in [0.1, 0.15) is 0 Å². The number of amides is 1. The molecule has 0 saturated heterocycles. The molecular weight excluding hydrogens is 381 g/mol. The molecule has 0 fully saturated rings. The molecule has 25 heavy (non-hydrogen) atoms. The molecule has 0 aliphatic rings. The zero-order valence-electron chi connectivity index (χ0n) is 13.5. The molecular formula is C17H17Cl2N3O2S. The zero-order valence-corrected chi connectivity index (χ0v) is 15.8. The number of aliphatic hydroxyl groups is 1. The van der Waals surface area contributed by atoms with E-state index in [2.05, 4.69) is 10.3 Å². The van der Waals surface area contributed by atoms with Crippen LogP contribution in [-0.4, -0.2) is 27.0 Å². The largest absolute Gasteiger partial charge is 0.396 e. The minimum atomic E-state index is -0.361. The first-order valence-electron chi connectivity index (χ1n) is 7.75. The predicted molar refractivity (Wildman–Crippen MR) is 101 cm³/mol. The van der Waals surface area contributed by atoms with Crippen LogP contribution in [0.3, 0.4) is 0 Å². The third kappa shape index (κ3) is 4.52. The number of rotatable bonds is 6. The molecule has 1 atom stereocenters. The molecule has 3 rings (SSSR count). The van der Waals surface area contributed by atoms with Crippen LogP contribution in [0.1, 0.15) is 28.6 Å². The first-order valence-corrected chi connectivity index (χ1v) is 9.32. The molecule has 8 heteroatoms. The lowest BCUT2D eigenvalue weighted by Gasteiger charge is -2.18. The monoisotopic (exact) mass is 397 g/mol. The number of fused-ring (bicyclic) bond motifs is 1. The predicted octanol–water partition coefficient (Wildman–Crippen LogP) is 3.79. The summed E-state index contributed by atoms with van der Waals surface area (Å²) in [7, 11) is 0. The fourth-order valence-corrected chi connectivity index (χ4v) is 4.05. The van der Waals surface area contributed by atoms with Crippen molar-refractivity contribution in [3.63, 3.8) is 0 Å². The maximum Gasteiger partial charge on any atom is 0.226 e. The summed E-state index contributed by atoms with van der Waals surface area (Å²) >= 11 is 13.6. The van der Waals surface area contributed by atoms with Gasteiger partial charge < -0.3 is 10.4 Å². The number of hydrogen-bond acceptors (Lipinski definition) is 4. The number of nitrogens with one attached hydrogen (secondary N) is 1. The lowest BCUT2D eigenvalue weighted by molar-refractivity contribution is -0.121. The van der Waals surface area contributed by atoms with Crippen molar-refractivity contribution in [3.05, 3.63) is 56.8 Å². The summed E-state index contributed by atoms with van der Waals surface area (Å²) in [6, 6.07) is 4.75. The van der Waals surface area contributed by atoms with E-state index in [0.29, 0.717) is 22.2 Å². The lowest BCUT2D eigenvalue weighted by atomic mass is 10.0. The smallest absolute Gasteiger partial charge is 0.226 e. The number of thiazole rings is 1. The van der Waals surface area contributed by atoms with Gasteiger partial charge >= 0.3 is 0 Å². The fraction of sp³-hybridized carbons (Fsp3) is 0.294. The molecule has 5 nitrogen and oxygen atoms in total. The maximum absolute atomic E-state index is 12.4. The van der Waals surface area contributed by atoms with Crippen LogP contribution in [0.25, 0.3) is 4.96 Å². The van der Waals surface area contributed by atoms with E-state index in [-0.39, 0.29) is 25.0 Å². The van der Waals surface area contributed by atoms with Crippen molar-refractivity contribution in [1.82, 2.24) is 14.7 Å². The van der Waals surface area contributed by atoms with Crippen molar-refractivity contribution >= 4 is 45.4 Å². The lowest BCUT2D eigenvalue weighted by Crippen LogP contribution is -2.30. The Bertz CT molecular complexity index is 855. The summed E-state index contributed by atoms with van der Waals surface area (Å²) in [6.45, 7) is 1.95. The minimum Gasteiger partial charge on any atom is -0.396 e. The van der Waals surface area contributed by atoms with Gasteiger partial charge in [-0.25, -0.2) is 4.98 Å². The van der Waals surface area contributed by atoms with Gasteiger partial charge in [0.25, 0.3) is 0 Å². The summed E-state index contributed by atoms with van der Waals surface area (Å²) < 4.78 is 1.92. The van der Waals surface area contributed by atoms with Crippen LogP contribution < -0.4 is 5.32 Å². The normalized spacial score (nSPS) is 12.5. The molecule has 2 aromatic heterocycles. The van der Waals surface area contributed by atoms with Crippen LogP contribution in [0.15, 0.2) is 30.6 Å². The Hall–Kier alpha value is -1.60. The average molecular weight is 398 g/mol. The molecule has 2 heterocycles. The molecule has 0 spiro atoms. The van der Waals surface area contributed by atoms with E-state index in [0.717, 1.165) is 10.5 Å². The molecule has 1 amide bonds. The second-order valence-electron chi connectivity index (χ2n) is 5.78. The van der Waals surface area contributed by atoms with Gasteiger partial charge in [-0.15, -0.1) is 11.3 Å². The third-order valence-electron chi connectivity index (χ3n) is 3.70. The highest BCUT2D eigenvalue weighted by Gasteiger charge is 2.17. The van der Waals surface area contributed by atoms with Gasteiger partial charge in [-0.1, -0.05) is 23.2 Å². The number of aliphatic hydroxyl groups excluding tert-OH is 1. The summed E-state index contributed by atoms with van der Waals surface area (Å²) in [6.07, 6.45) is 4.39. The van der Waals surface area contributed by atoms with Crippen molar-refractivity contribution < 1.29 is 9.90 Å². The minimum absolute atomic E-state index is 0.0609. The molecule has 1 unspecified atom stereocenters. The highest BCUT2D eigenvalue weighted by Crippen LogP contribution is 2.25. The van der Waals surface area contributed by atoms with Crippen LogP contribution in [-0.2, 0) is 11.2 Å². The second-order valence-corrected chi connectivity index (χ2v) is 7.86. The molecule has 0 aliphatic heterocycles. The van der Waals surface area contributed by atoms with Gasteiger partial charge in [0.2, 0.25) is 5.91 Å². The van der Waals surface area contributed by atoms with Crippen LogP contribution >= 0.6 is 34.5 Å². The standard InChI is InChI=1S/C17H17Cl2N3O2S/c1-10-8-22-9-14(20-17(22)25-10)7-16(24)21-15(2-3-23)11-4-12(18)6-13(19)5-11/h4-6,8-9,15,23H,2-3,7H2,1H3,(H,21,24). The Kier molecular flexibility index (Phi) is 5.64. The van der Waals surface area contributed by atoms with Crippen LogP contribution in [0.4, 0.5) is 0 Å². The van der Waals surface area contributed by atoms with Crippen molar-refractivity contribution in [3.8, 4) is 0 Å². The van der Waals surface area contributed by atoms with E-state index in [9.17, 15) is 9.90 Å². The van der Waals surface area contributed by atoms with Crippen molar-refractivity contribution in [2.45, 2.75) is 25.8 Å². The van der Waals surface area contributed by atoms with E-state index in [1.807, 2.05) is 23.7 Å². The van der Waals surface area contributed by atoms with Gasteiger partial charge in [0.15, 0.2) is 4.96 Å². The number of imidazole rings is 1. The van der Waals surface area contributed by atoms with Crippen LogP contribution in [0, 0.1) is 6.92 Å². The number of carbonyl (C=O) groups is 1. The Labute approximate surface area is 159 Å². The van der Waals surface area contributed by atoms with Crippen molar-refractivity contribution in [2.75, 3.05) is 6.61 Å². The van der Waals surface area contributed by atoms with Gasteiger partial charge in [-0.05, 0) is 37.1 Å². The SMILES string of the molecule is Cc1cn2cc(CC(=O)NC(CCO)c3cc(Cl)cc(Cl)c3)nc2s1. The van der Waals surface area contributed by atoms with E-state index in [1.165, 1.54) is 4.88 Å². The molecule has 0 aliphatic carbocycles. The Balaban J connectivity index is 1.72. The van der Waals surface area contributed by atoms with Crippen LogP contribution in [0.5, 0.6) is 0 Å². The summed E-state index contributed by atoms with van der Waals surface area (Å²) in [4.78, 5) is 18.9. The molecule has 2 N–H and O–H groups in total. The highest BCUT2D eigenvalue weighted by molar-refractivity contribution is 7.16. The van der Waals surface area contributed by atoms with Gasteiger partial charge in [-0.3, -0.25) is 9.20 Å². The number of aryl methyl sites for hydroxylation is 1. The Morgan fingerprint density at radius 2 is 2.04 bits per heavy atom. The molecule has 3 aromatic rings. The molecule has 0 saturated carbocycles. The second kappa shape index (κ2) is 7.74. The first-order chi connectivity index (χ1) is 11.9. The molecule has 132 valence electrons. The topological polar surface area (TPSA) is 66.6 Å². The van der Waals surface area contributed by atoms with Gasteiger partial charge in [-0.2, -0.15) is 0 Å². The summed E-state index contributed by atoms with van der Waals surface area (Å²) in [5, 5.41) is 13.2. The van der Waals surface area contributed by atoms with E-state index in [1.54, 1.807) is 29.5 Å². The van der Waals surface area contributed by atoms with Crippen LogP contribution in [0.2, 0.25) is 10.0 Å². The summed E-state index contributed by atoms with van der Waals surface area (Å²) in [5.41, 5.74) is 1.47. The molecule has 1 aromatic carbocycles. The maximum atomic E-state index is 12.4. The van der Waals surface area contributed by atoms with Crippen molar-refractivity contribution in [2.24, 2.45) is 0 Å². The quantitative estimate of drug-likeness (QED) is 0.664. The summed E-state index contributed by atoms with van der Waals surface area (Å²) in [5.74, 6) is -0.169. The van der Waals surface area contributed by atoms with Gasteiger partial charge in [0.05, 0.1) is 18.2 Å². The zero-order chi connectivity index (χ0) is 18.0. The number of aromatic nitrogens is 2. The highest BCUT2D eigenvalue weighted by atomic mass is 35.5. The number of hydrogen-bond donors (Lipinski definition) is 2. The molecule has 0 radical (unpaired) electrons. The number of nitrogens with zero attached hydrogens (tertiary/aromatic N) is 2. The van der Waals surface area contributed by atoms with Gasteiger partial charge in [0, 0.05) is 33.9 Å². The Morgan fingerprint density at radius 3 is 2.68 bits per heavy atom. The number of carbonyl (C=O) groups excluding carboxylic acids is 1. The van der Waals surface area contributed by atoms with Crippen molar-refractivity contribution in [1.29, 1.82) is 0 Å². The first kappa shape index (κ1) is 18.2. The third-order valence-corrected chi connectivity index (χ3v) is 5.05. The molecule has 0 bridgehead atoms. The average Bonchev–Trinajstić information content (AvgIpc) is 3.02. The Morgan fingerprint density at radius 1 is 1.32 bits per heavy atom. The number of benzene rings is 1. The van der Waals surface area contributed by atoms with E-state index in [4.69, 9.17) is 23.2 Å². The van der Waals surface area contributed by atoms with E-state index < -0.39 is 0 Å². The fourth-order valence-electron chi connectivity index (χ4n) is 2.68. The van der Waals surface area contributed by atoms with E-state index >= 15 is 0 Å². The number of halogens is 2.